The number of ketones is 1. The number of carbonyl (C=O) groups is 1. The van der Waals surface area contributed by atoms with E-state index in [1.165, 1.54) is 0 Å². The summed E-state index contributed by atoms with van der Waals surface area (Å²) < 4.78 is 17.0. The molecule has 0 N–H and O–H groups in total. The smallest absolute Gasteiger partial charge is 0.151 e. The Hall–Kier alpha value is -1.16. The van der Waals surface area contributed by atoms with Crippen molar-refractivity contribution in [3.05, 3.63) is 24.3 Å². The van der Waals surface area contributed by atoms with Gasteiger partial charge in [0.25, 0.3) is 0 Å². The van der Waals surface area contributed by atoms with Crippen LogP contribution in [-0.2, 0) is 15.6 Å². The van der Waals surface area contributed by atoms with Crippen LogP contribution in [-0.4, -0.2) is 22.9 Å². The predicted octanol–water partition coefficient (Wildman–Crippen LogP) is 2.42. The van der Waals surface area contributed by atoms with Gasteiger partial charge in [-0.05, 0) is 24.3 Å². The molecular weight excluding hydrogens is 236 g/mol. The average Bonchev–Trinajstić information content (AvgIpc) is 2.27. The highest BCUT2D eigenvalue weighted by atomic mass is 32.2. The largest absolute Gasteiger partial charge is 0.497 e. The highest BCUT2D eigenvalue weighted by molar-refractivity contribution is 7.85. The van der Waals surface area contributed by atoms with Gasteiger partial charge in [0.05, 0.1) is 23.7 Å². The van der Waals surface area contributed by atoms with Crippen molar-refractivity contribution in [2.45, 2.75) is 25.7 Å². The summed E-state index contributed by atoms with van der Waals surface area (Å²) in [5, 5.41) is 0. The zero-order valence-corrected chi connectivity index (χ0v) is 11.5. The lowest BCUT2D eigenvalue weighted by molar-refractivity contribution is -0.123. The number of carbonyl (C=O) groups excluding carboxylic acids is 1. The van der Waals surface area contributed by atoms with Gasteiger partial charge >= 0.3 is 0 Å². The van der Waals surface area contributed by atoms with E-state index in [2.05, 4.69) is 0 Å². The van der Waals surface area contributed by atoms with E-state index in [9.17, 15) is 9.00 Å². The van der Waals surface area contributed by atoms with Crippen molar-refractivity contribution in [3.8, 4) is 5.75 Å². The maximum absolute atomic E-state index is 12.0. The van der Waals surface area contributed by atoms with Crippen molar-refractivity contribution in [2.75, 3.05) is 12.9 Å². The lowest BCUT2D eigenvalue weighted by Crippen LogP contribution is -2.25. The molecule has 0 saturated carbocycles. The number of benzene rings is 1. The lowest BCUT2D eigenvalue weighted by Gasteiger charge is -2.15. The Balaban J connectivity index is 2.73. The Labute approximate surface area is 105 Å². The highest BCUT2D eigenvalue weighted by Crippen LogP contribution is 2.18. The molecule has 1 unspecified atom stereocenters. The van der Waals surface area contributed by atoms with Crippen molar-refractivity contribution >= 4 is 16.6 Å². The van der Waals surface area contributed by atoms with E-state index in [0.717, 1.165) is 0 Å². The third-order valence-corrected chi connectivity index (χ3v) is 3.74. The van der Waals surface area contributed by atoms with Crippen molar-refractivity contribution in [2.24, 2.45) is 5.41 Å². The number of hydrogen-bond donors (Lipinski definition) is 0. The van der Waals surface area contributed by atoms with Gasteiger partial charge in [0.15, 0.2) is 5.78 Å². The molecule has 0 amide bonds. The van der Waals surface area contributed by atoms with Gasteiger partial charge in [-0.15, -0.1) is 0 Å². The predicted molar refractivity (Wildman–Crippen MR) is 68.7 cm³/mol. The van der Waals surface area contributed by atoms with Crippen LogP contribution in [0.5, 0.6) is 5.75 Å². The summed E-state index contributed by atoms with van der Waals surface area (Å²) in [5.74, 6) is 0.787. The second-order valence-electron chi connectivity index (χ2n) is 4.84. The summed E-state index contributed by atoms with van der Waals surface area (Å²) in [4.78, 5) is 12.4. The quantitative estimate of drug-likeness (QED) is 0.828. The van der Waals surface area contributed by atoms with Crippen LogP contribution in [0.15, 0.2) is 29.2 Å². The Bertz CT molecular complexity index is 415. The molecule has 1 atom stereocenters. The number of hydrogen-bond acceptors (Lipinski definition) is 3. The maximum Gasteiger partial charge on any atom is 0.151 e. The molecule has 0 fully saturated rings. The summed E-state index contributed by atoms with van der Waals surface area (Å²) in [7, 11) is 0.303. The minimum atomic E-state index is -1.28. The topological polar surface area (TPSA) is 43.4 Å². The van der Waals surface area contributed by atoms with E-state index < -0.39 is 16.2 Å². The second kappa shape index (κ2) is 5.45. The van der Waals surface area contributed by atoms with Crippen LogP contribution in [0.3, 0.4) is 0 Å². The fourth-order valence-electron chi connectivity index (χ4n) is 1.15. The maximum atomic E-state index is 12.0. The van der Waals surface area contributed by atoms with Crippen LogP contribution < -0.4 is 4.74 Å². The summed E-state index contributed by atoms with van der Waals surface area (Å²) in [6.45, 7) is 5.50. The van der Waals surface area contributed by atoms with Gasteiger partial charge < -0.3 is 4.74 Å². The molecule has 0 saturated heterocycles. The molecule has 0 heterocycles. The van der Waals surface area contributed by atoms with Gasteiger partial charge in [-0.3, -0.25) is 9.00 Å². The normalized spacial score (nSPS) is 13.2. The Morgan fingerprint density at radius 3 is 2.18 bits per heavy atom. The molecule has 1 rings (SSSR count). The summed E-state index contributed by atoms with van der Waals surface area (Å²) in [6.07, 6.45) is 0. The molecule has 17 heavy (non-hydrogen) atoms. The first-order valence-corrected chi connectivity index (χ1v) is 6.72. The minimum Gasteiger partial charge on any atom is -0.497 e. The molecule has 0 aliphatic carbocycles. The van der Waals surface area contributed by atoms with Gasteiger partial charge in [-0.25, -0.2) is 0 Å². The third kappa shape index (κ3) is 3.97. The van der Waals surface area contributed by atoms with E-state index in [-0.39, 0.29) is 11.5 Å². The molecular formula is C13H18O3S. The molecule has 0 radical (unpaired) electrons. The van der Waals surface area contributed by atoms with E-state index in [1.54, 1.807) is 31.4 Å². The number of ether oxygens (including phenoxy) is 1. The van der Waals surface area contributed by atoms with E-state index in [4.69, 9.17) is 4.74 Å². The summed E-state index contributed by atoms with van der Waals surface area (Å²) in [6, 6.07) is 6.94. The average molecular weight is 254 g/mol. The van der Waals surface area contributed by atoms with E-state index in [0.29, 0.717) is 10.6 Å². The standard InChI is InChI=1S/C13H18O3S/c1-13(2,3)12(14)9-17(15)11-7-5-10(16-4)6-8-11/h5-8H,9H2,1-4H3. The molecule has 0 aliphatic heterocycles. The van der Waals surface area contributed by atoms with Crippen molar-refractivity contribution in [1.29, 1.82) is 0 Å². The van der Waals surface area contributed by atoms with Crippen LogP contribution in [0.2, 0.25) is 0 Å². The van der Waals surface area contributed by atoms with Crippen molar-refractivity contribution in [3.63, 3.8) is 0 Å². The van der Waals surface area contributed by atoms with Crippen molar-refractivity contribution in [1.82, 2.24) is 0 Å². The summed E-state index contributed by atoms with van der Waals surface area (Å²) in [5.41, 5.74) is -0.442. The molecule has 4 heteroatoms. The fraction of sp³-hybridized carbons (Fsp3) is 0.462. The SMILES string of the molecule is COc1ccc(S(=O)CC(=O)C(C)(C)C)cc1. The van der Waals surface area contributed by atoms with Gasteiger partial charge in [-0.1, -0.05) is 20.8 Å². The molecule has 1 aromatic rings. The van der Waals surface area contributed by atoms with Gasteiger partial charge in [0, 0.05) is 10.3 Å². The van der Waals surface area contributed by atoms with Crippen molar-refractivity contribution < 1.29 is 13.7 Å². The Kier molecular flexibility index (Phi) is 4.46. The first-order valence-electron chi connectivity index (χ1n) is 5.40. The van der Waals surface area contributed by atoms with E-state index >= 15 is 0 Å². The minimum absolute atomic E-state index is 0.00616. The molecule has 0 spiro atoms. The molecule has 3 nitrogen and oxygen atoms in total. The lowest BCUT2D eigenvalue weighted by atomic mass is 9.92. The number of Topliss-reactive ketones (excluding diaryl/α,β-unsaturated/α-hetero) is 1. The first kappa shape index (κ1) is 13.9. The fourth-order valence-corrected chi connectivity index (χ4v) is 2.42. The monoisotopic (exact) mass is 254 g/mol. The highest BCUT2D eigenvalue weighted by Gasteiger charge is 2.23. The van der Waals surface area contributed by atoms with Crippen LogP contribution in [0, 0.1) is 5.41 Å². The molecule has 0 aromatic heterocycles. The first-order chi connectivity index (χ1) is 7.84. The Morgan fingerprint density at radius 2 is 1.76 bits per heavy atom. The molecule has 1 aromatic carbocycles. The van der Waals surface area contributed by atoms with Crippen LogP contribution in [0.25, 0.3) is 0 Å². The molecule has 94 valence electrons. The number of methoxy groups -OCH3 is 1. The van der Waals surface area contributed by atoms with Gasteiger partial charge in [0.1, 0.15) is 5.75 Å². The molecule has 0 aliphatic rings. The zero-order valence-electron chi connectivity index (χ0n) is 10.6. The Morgan fingerprint density at radius 1 is 1.24 bits per heavy atom. The van der Waals surface area contributed by atoms with Gasteiger partial charge in [0.2, 0.25) is 0 Å². The number of rotatable bonds is 4. The van der Waals surface area contributed by atoms with E-state index in [1.807, 2.05) is 20.8 Å². The summed E-state index contributed by atoms with van der Waals surface area (Å²) >= 11 is 0. The third-order valence-electron chi connectivity index (χ3n) is 2.42. The zero-order chi connectivity index (χ0) is 13.1. The van der Waals surface area contributed by atoms with Crippen LogP contribution in [0.1, 0.15) is 20.8 Å². The van der Waals surface area contributed by atoms with Gasteiger partial charge in [-0.2, -0.15) is 0 Å². The second-order valence-corrected chi connectivity index (χ2v) is 6.29. The van der Waals surface area contributed by atoms with Crippen LogP contribution >= 0.6 is 0 Å². The molecule has 0 bridgehead atoms. The van der Waals surface area contributed by atoms with Crippen LogP contribution in [0.4, 0.5) is 0 Å².